The van der Waals surface area contributed by atoms with Gasteiger partial charge in [-0.15, -0.1) is 11.3 Å². The predicted molar refractivity (Wildman–Crippen MR) is 61.5 cm³/mol. The molecule has 2 rings (SSSR count). The number of thiazole rings is 1. The van der Waals surface area contributed by atoms with Crippen molar-refractivity contribution in [2.24, 2.45) is 0 Å². The van der Waals surface area contributed by atoms with Crippen LogP contribution in [0.5, 0.6) is 0 Å². The van der Waals surface area contributed by atoms with Crippen molar-refractivity contribution in [1.82, 2.24) is 4.98 Å². The minimum absolute atomic E-state index is 0.177. The molecule has 0 spiro atoms. The Morgan fingerprint density at radius 1 is 1.33 bits per heavy atom. The van der Waals surface area contributed by atoms with Crippen LogP contribution in [0.4, 0.5) is 4.39 Å². The van der Waals surface area contributed by atoms with Gasteiger partial charge in [-0.25, -0.2) is 9.37 Å². The van der Waals surface area contributed by atoms with E-state index in [1.807, 2.05) is 6.07 Å². The number of nitrogens with zero attached hydrogens (tertiary/aromatic N) is 1. The molecule has 3 heteroatoms. The van der Waals surface area contributed by atoms with Gasteiger partial charge < -0.3 is 0 Å². The SMILES string of the molecule is CCCc1ncc(-c2ccccc2F)s1. The van der Waals surface area contributed by atoms with E-state index in [2.05, 4.69) is 11.9 Å². The zero-order valence-electron chi connectivity index (χ0n) is 8.53. The molecule has 1 nitrogen and oxygen atoms in total. The zero-order valence-corrected chi connectivity index (χ0v) is 9.35. The maximum absolute atomic E-state index is 13.4. The van der Waals surface area contributed by atoms with E-state index in [0.29, 0.717) is 5.56 Å². The van der Waals surface area contributed by atoms with E-state index in [1.54, 1.807) is 29.7 Å². The lowest BCUT2D eigenvalue weighted by atomic mass is 10.2. The third-order valence-electron chi connectivity index (χ3n) is 2.16. The lowest BCUT2D eigenvalue weighted by Gasteiger charge is -1.97. The third-order valence-corrected chi connectivity index (χ3v) is 3.25. The lowest BCUT2D eigenvalue weighted by Crippen LogP contribution is -1.78. The van der Waals surface area contributed by atoms with Crippen LogP contribution in [0.25, 0.3) is 10.4 Å². The van der Waals surface area contributed by atoms with Crippen molar-refractivity contribution in [3.05, 3.63) is 41.3 Å². The average molecular weight is 221 g/mol. The fraction of sp³-hybridized carbons (Fsp3) is 0.250. The molecule has 0 aliphatic heterocycles. The first-order valence-corrected chi connectivity index (χ1v) is 5.82. The number of halogens is 1. The van der Waals surface area contributed by atoms with Crippen LogP contribution in [0.15, 0.2) is 30.5 Å². The highest BCUT2D eigenvalue weighted by atomic mass is 32.1. The highest BCUT2D eigenvalue weighted by molar-refractivity contribution is 7.15. The van der Waals surface area contributed by atoms with Crippen molar-refractivity contribution in [1.29, 1.82) is 0 Å². The van der Waals surface area contributed by atoms with Crippen LogP contribution in [-0.2, 0) is 6.42 Å². The summed E-state index contributed by atoms with van der Waals surface area (Å²) in [6.45, 7) is 2.12. The zero-order chi connectivity index (χ0) is 10.7. The van der Waals surface area contributed by atoms with E-state index in [-0.39, 0.29) is 5.82 Å². The van der Waals surface area contributed by atoms with E-state index in [0.717, 1.165) is 22.7 Å². The smallest absolute Gasteiger partial charge is 0.131 e. The van der Waals surface area contributed by atoms with Crippen LogP contribution in [0, 0.1) is 5.82 Å². The van der Waals surface area contributed by atoms with Crippen molar-refractivity contribution in [2.75, 3.05) is 0 Å². The van der Waals surface area contributed by atoms with Gasteiger partial charge in [0.25, 0.3) is 0 Å². The molecule has 0 unspecified atom stereocenters. The Kier molecular flexibility index (Phi) is 3.11. The molecule has 2 aromatic rings. The van der Waals surface area contributed by atoms with Gasteiger partial charge in [0, 0.05) is 11.8 Å². The van der Waals surface area contributed by atoms with E-state index in [1.165, 1.54) is 6.07 Å². The first kappa shape index (κ1) is 10.3. The molecule has 15 heavy (non-hydrogen) atoms. The molecule has 1 aromatic heterocycles. The van der Waals surface area contributed by atoms with Gasteiger partial charge in [0.05, 0.1) is 9.88 Å². The summed E-state index contributed by atoms with van der Waals surface area (Å²) in [5, 5.41) is 1.08. The molecule has 0 radical (unpaired) electrons. The van der Waals surface area contributed by atoms with Gasteiger partial charge in [0.15, 0.2) is 0 Å². The Morgan fingerprint density at radius 2 is 2.13 bits per heavy atom. The fourth-order valence-corrected chi connectivity index (χ4v) is 2.47. The van der Waals surface area contributed by atoms with Gasteiger partial charge in [-0.2, -0.15) is 0 Å². The quantitative estimate of drug-likeness (QED) is 0.766. The minimum atomic E-state index is -0.177. The van der Waals surface area contributed by atoms with Crippen molar-refractivity contribution >= 4 is 11.3 Å². The molecule has 0 saturated carbocycles. The molecular weight excluding hydrogens is 209 g/mol. The summed E-state index contributed by atoms with van der Waals surface area (Å²) in [4.78, 5) is 5.19. The number of aryl methyl sites for hydroxylation is 1. The van der Waals surface area contributed by atoms with Crippen LogP contribution < -0.4 is 0 Å². The van der Waals surface area contributed by atoms with Crippen LogP contribution >= 0.6 is 11.3 Å². The van der Waals surface area contributed by atoms with Gasteiger partial charge in [0.1, 0.15) is 5.82 Å². The van der Waals surface area contributed by atoms with E-state index in [9.17, 15) is 4.39 Å². The largest absolute Gasteiger partial charge is 0.249 e. The molecule has 0 aliphatic carbocycles. The Bertz CT molecular complexity index is 450. The summed E-state index contributed by atoms with van der Waals surface area (Å²) in [6.07, 6.45) is 3.80. The molecule has 0 N–H and O–H groups in total. The van der Waals surface area contributed by atoms with Gasteiger partial charge in [0.2, 0.25) is 0 Å². The van der Waals surface area contributed by atoms with Crippen molar-refractivity contribution < 1.29 is 4.39 Å². The predicted octanol–water partition coefficient (Wildman–Crippen LogP) is 3.90. The number of rotatable bonds is 3. The molecule has 0 amide bonds. The van der Waals surface area contributed by atoms with E-state index >= 15 is 0 Å². The molecule has 0 fully saturated rings. The topological polar surface area (TPSA) is 12.9 Å². The molecule has 0 saturated heterocycles. The van der Waals surface area contributed by atoms with Gasteiger partial charge in [-0.3, -0.25) is 0 Å². The van der Waals surface area contributed by atoms with Gasteiger partial charge >= 0.3 is 0 Å². The third kappa shape index (κ3) is 2.23. The van der Waals surface area contributed by atoms with Gasteiger partial charge in [-0.05, 0) is 18.9 Å². The Hall–Kier alpha value is -1.22. The number of hydrogen-bond acceptors (Lipinski definition) is 2. The second-order valence-electron chi connectivity index (χ2n) is 3.35. The van der Waals surface area contributed by atoms with Crippen molar-refractivity contribution in [3.8, 4) is 10.4 Å². The average Bonchev–Trinajstić information content (AvgIpc) is 2.68. The number of hydrogen-bond donors (Lipinski definition) is 0. The fourth-order valence-electron chi connectivity index (χ4n) is 1.43. The Labute approximate surface area is 92.6 Å². The van der Waals surface area contributed by atoms with E-state index in [4.69, 9.17) is 0 Å². The maximum atomic E-state index is 13.4. The van der Waals surface area contributed by atoms with Crippen LogP contribution in [0.3, 0.4) is 0 Å². The summed E-state index contributed by atoms with van der Waals surface area (Å²) in [5.41, 5.74) is 0.650. The lowest BCUT2D eigenvalue weighted by molar-refractivity contribution is 0.631. The summed E-state index contributed by atoms with van der Waals surface area (Å²) in [5.74, 6) is -0.177. The highest BCUT2D eigenvalue weighted by Crippen LogP contribution is 2.28. The van der Waals surface area contributed by atoms with Crippen molar-refractivity contribution in [3.63, 3.8) is 0 Å². The maximum Gasteiger partial charge on any atom is 0.131 e. The van der Waals surface area contributed by atoms with Gasteiger partial charge in [-0.1, -0.05) is 25.1 Å². The molecule has 1 aromatic carbocycles. The summed E-state index contributed by atoms with van der Waals surface area (Å²) in [7, 11) is 0. The Balaban J connectivity index is 2.33. The van der Waals surface area contributed by atoms with Crippen molar-refractivity contribution in [2.45, 2.75) is 19.8 Å². The number of benzene rings is 1. The summed E-state index contributed by atoms with van der Waals surface area (Å²) in [6, 6.07) is 6.82. The number of aromatic nitrogens is 1. The first-order valence-electron chi connectivity index (χ1n) is 5.01. The second-order valence-corrected chi connectivity index (χ2v) is 4.46. The molecule has 0 atom stereocenters. The van der Waals surface area contributed by atoms with Crippen LogP contribution in [0.1, 0.15) is 18.4 Å². The standard InChI is InChI=1S/C12H12FNS/c1-2-5-12-14-8-11(15-12)9-6-3-4-7-10(9)13/h3-4,6-8H,2,5H2,1H3. The van der Waals surface area contributed by atoms with E-state index < -0.39 is 0 Å². The molecule has 0 aliphatic rings. The molecule has 0 bridgehead atoms. The first-order chi connectivity index (χ1) is 7.31. The monoisotopic (exact) mass is 221 g/mol. The summed E-state index contributed by atoms with van der Waals surface area (Å²) < 4.78 is 13.4. The minimum Gasteiger partial charge on any atom is -0.249 e. The van der Waals surface area contributed by atoms with Crippen LogP contribution in [-0.4, -0.2) is 4.98 Å². The Morgan fingerprint density at radius 3 is 2.87 bits per heavy atom. The molecule has 78 valence electrons. The highest BCUT2D eigenvalue weighted by Gasteiger charge is 2.07. The second kappa shape index (κ2) is 4.53. The molecular formula is C12H12FNS. The van der Waals surface area contributed by atoms with Crippen LogP contribution in [0.2, 0.25) is 0 Å². The normalized spacial score (nSPS) is 10.5. The summed E-state index contributed by atoms with van der Waals surface area (Å²) >= 11 is 1.57. The molecule has 1 heterocycles.